The third kappa shape index (κ3) is 4.00. The van der Waals surface area contributed by atoms with Crippen LogP contribution in [0.2, 0.25) is 0 Å². The quantitative estimate of drug-likeness (QED) is 0.846. The Bertz CT molecular complexity index is 460. The molecule has 1 saturated carbocycles. The van der Waals surface area contributed by atoms with Crippen LogP contribution in [-0.2, 0) is 11.3 Å². The van der Waals surface area contributed by atoms with Gasteiger partial charge in [0.05, 0.1) is 19.8 Å². The van der Waals surface area contributed by atoms with Crippen molar-refractivity contribution >= 4 is 0 Å². The van der Waals surface area contributed by atoms with Crippen LogP contribution in [0.3, 0.4) is 0 Å². The maximum Gasteiger partial charge on any atom is 0.119 e. The van der Waals surface area contributed by atoms with E-state index in [1.54, 1.807) is 0 Å². The molecule has 1 heterocycles. The Morgan fingerprint density at radius 2 is 2.32 bits per heavy atom. The van der Waals surface area contributed by atoms with Gasteiger partial charge in [0.2, 0.25) is 0 Å². The van der Waals surface area contributed by atoms with Crippen molar-refractivity contribution in [3.8, 4) is 5.75 Å². The molecule has 2 aliphatic rings. The molecule has 1 saturated heterocycles. The smallest absolute Gasteiger partial charge is 0.119 e. The first-order valence-corrected chi connectivity index (χ1v) is 8.63. The average Bonchev–Trinajstić information content (AvgIpc) is 3.03. The summed E-state index contributed by atoms with van der Waals surface area (Å²) < 4.78 is 11.2. The maximum atomic E-state index is 5.64. The number of nitrogens with one attached hydrogen (secondary N) is 2. The summed E-state index contributed by atoms with van der Waals surface area (Å²) in [7, 11) is 0. The Labute approximate surface area is 133 Å². The molecule has 1 aliphatic heterocycles. The number of hydrogen-bond acceptors (Lipinski definition) is 4. The van der Waals surface area contributed by atoms with Crippen LogP contribution in [0.1, 0.15) is 31.7 Å². The van der Waals surface area contributed by atoms with E-state index in [0.717, 1.165) is 38.7 Å². The van der Waals surface area contributed by atoms with Gasteiger partial charge in [0, 0.05) is 25.2 Å². The Morgan fingerprint density at radius 3 is 3.14 bits per heavy atom. The van der Waals surface area contributed by atoms with Crippen LogP contribution in [0.25, 0.3) is 0 Å². The molecule has 0 aromatic heterocycles. The minimum absolute atomic E-state index is 0.517. The van der Waals surface area contributed by atoms with Gasteiger partial charge in [-0.2, -0.15) is 0 Å². The monoisotopic (exact) mass is 304 g/mol. The van der Waals surface area contributed by atoms with Crippen molar-refractivity contribution in [1.82, 2.24) is 10.6 Å². The van der Waals surface area contributed by atoms with Gasteiger partial charge >= 0.3 is 0 Å². The highest BCUT2D eigenvalue weighted by Gasteiger charge is 2.34. The van der Waals surface area contributed by atoms with Gasteiger partial charge in [-0.3, -0.25) is 0 Å². The highest BCUT2D eigenvalue weighted by Crippen LogP contribution is 2.29. The summed E-state index contributed by atoms with van der Waals surface area (Å²) in [6.45, 7) is 6.36. The summed E-state index contributed by atoms with van der Waals surface area (Å²) in [4.78, 5) is 0. The van der Waals surface area contributed by atoms with Crippen molar-refractivity contribution in [3.05, 3.63) is 29.8 Å². The lowest BCUT2D eigenvalue weighted by Gasteiger charge is -2.33. The minimum atomic E-state index is 0.517. The summed E-state index contributed by atoms with van der Waals surface area (Å²) in [6, 6.07) is 9.52. The second-order valence-corrected chi connectivity index (χ2v) is 6.30. The van der Waals surface area contributed by atoms with E-state index in [0.29, 0.717) is 18.0 Å². The number of benzene rings is 1. The van der Waals surface area contributed by atoms with Crippen LogP contribution in [0.15, 0.2) is 24.3 Å². The maximum absolute atomic E-state index is 5.64. The molecule has 3 atom stereocenters. The summed E-state index contributed by atoms with van der Waals surface area (Å²) in [6.07, 6.45) is 3.89. The Kier molecular flexibility index (Phi) is 5.70. The fraction of sp³-hybridized carbons (Fsp3) is 0.667. The molecule has 2 N–H and O–H groups in total. The van der Waals surface area contributed by atoms with Crippen LogP contribution in [-0.4, -0.2) is 38.4 Å². The van der Waals surface area contributed by atoms with E-state index in [1.807, 2.05) is 13.0 Å². The van der Waals surface area contributed by atoms with E-state index in [2.05, 4.69) is 28.8 Å². The highest BCUT2D eigenvalue weighted by atomic mass is 16.5. The molecule has 3 unspecified atom stereocenters. The zero-order chi connectivity index (χ0) is 15.2. The molecule has 0 radical (unpaired) electrons. The number of ether oxygens (including phenoxy) is 2. The Morgan fingerprint density at radius 1 is 1.36 bits per heavy atom. The fourth-order valence-electron chi connectivity index (χ4n) is 3.75. The van der Waals surface area contributed by atoms with E-state index in [4.69, 9.17) is 9.47 Å². The summed E-state index contributed by atoms with van der Waals surface area (Å²) in [5.41, 5.74) is 1.30. The first-order chi connectivity index (χ1) is 10.9. The number of hydrogen-bond donors (Lipinski definition) is 2. The van der Waals surface area contributed by atoms with Crippen LogP contribution in [0.5, 0.6) is 5.75 Å². The minimum Gasteiger partial charge on any atom is -0.494 e. The van der Waals surface area contributed by atoms with Gasteiger partial charge in [0.15, 0.2) is 0 Å². The molecule has 1 aromatic carbocycles. The standard InChI is InChI=1S/C18H28N2O2/c1-2-22-15-6-3-5-14(11-15)12-20-17-8-4-7-16(17)18-13-21-10-9-19-18/h3,5-6,11,16-20H,2,4,7-10,12-13H2,1H3. The normalized spacial score (nSPS) is 28.7. The lowest BCUT2D eigenvalue weighted by Crippen LogP contribution is -2.50. The summed E-state index contributed by atoms with van der Waals surface area (Å²) in [5.74, 6) is 1.66. The van der Waals surface area contributed by atoms with E-state index in [1.165, 1.54) is 24.8 Å². The second-order valence-electron chi connectivity index (χ2n) is 6.30. The Hall–Kier alpha value is -1.10. The molecule has 22 heavy (non-hydrogen) atoms. The highest BCUT2D eigenvalue weighted by molar-refractivity contribution is 5.28. The topological polar surface area (TPSA) is 42.5 Å². The second kappa shape index (κ2) is 7.95. The number of morpholine rings is 1. The fourth-order valence-corrected chi connectivity index (χ4v) is 3.75. The molecule has 4 nitrogen and oxygen atoms in total. The molecule has 0 bridgehead atoms. The van der Waals surface area contributed by atoms with E-state index < -0.39 is 0 Å². The zero-order valence-corrected chi connectivity index (χ0v) is 13.5. The van der Waals surface area contributed by atoms with Crippen molar-refractivity contribution in [2.24, 2.45) is 5.92 Å². The molecule has 3 rings (SSSR count). The third-order valence-corrected chi connectivity index (χ3v) is 4.81. The van der Waals surface area contributed by atoms with Gasteiger partial charge in [0.25, 0.3) is 0 Å². The first-order valence-electron chi connectivity index (χ1n) is 8.63. The van der Waals surface area contributed by atoms with Crippen molar-refractivity contribution < 1.29 is 9.47 Å². The zero-order valence-electron chi connectivity index (χ0n) is 13.5. The largest absolute Gasteiger partial charge is 0.494 e. The summed E-state index contributed by atoms with van der Waals surface area (Å²) >= 11 is 0. The average molecular weight is 304 g/mol. The van der Waals surface area contributed by atoms with Gasteiger partial charge in [-0.25, -0.2) is 0 Å². The molecular formula is C18H28N2O2. The lowest BCUT2D eigenvalue weighted by atomic mass is 9.94. The van der Waals surface area contributed by atoms with Crippen molar-refractivity contribution in [1.29, 1.82) is 0 Å². The van der Waals surface area contributed by atoms with Gasteiger partial charge in [-0.1, -0.05) is 18.6 Å². The van der Waals surface area contributed by atoms with Crippen LogP contribution in [0.4, 0.5) is 0 Å². The molecule has 0 amide bonds. The molecule has 2 fully saturated rings. The first kappa shape index (κ1) is 15.8. The van der Waals surface area contributed by atoms with E-state index in [9.17, 15) is 0 Å². The van der Waals surface area contributed by atoms with Crippen molar-refractivity contribution in [2.45, 2.75) is 44.8 Å². The van der Waals surface area contributed by atoms with Crippen LogP contribution < -0.4 is 15.4 Å². The lowest BCUT2D eigenvalue weighted by molar-refractivity contribution is 0.0524. The summed E-state index contributed by atoms with van der Waals surface area (Å²) in [5, 5.41) is 7.39. The number of rotatable bonds is 6. The molecule has 1 aliphatic carbocycles. The van der Waals surface area contributed by atoms with Crippen molar-refractivity contribution in [3.63, 3.8) is 0 Å². The molecule has 4 heteroatoms. The van der Waals surface area contributed by atoms with Gasteiger partial charge in [-0.15, -0.1) is 0 Å². The Balaban J connectivity index is 1.54. The van der Waals surface area contributed by atoms with E-state index in [-0.39, 0.29) is 0 Å². The van der Waals surface area contributed by atoms with Gasteiger partial charge in [-0.05, 0) is 43.4 Å². The van der Waals surface area contributed by atoms with Crippen LogP contribution in [0, 0.1) is 5.92 Å². The predicted molar refractivity (Wildman–Crippen MR) is 88.2 cm³/mol. The van der Waals surface area contributed by atoms with Gasteiger partial charge < -0.3 is 20.1 Å². The molecule has 0 spiro atoms. The third-order valence-electron chi connectivity index (χ3n) is 4.81. The van der Waals surface area contributed by atoms with E-state index >= 15 is 0 Å². The molecular weight excluding hydrogens is 276 g/mol. The van der Waals surface area contributed by atoms with Crippen molar-refractivity contribution in [2.75, 3.05) is 26.4 Å². The van der Waals surface area contributed by atoms with Crippen LogP contribution >= 0.6 is 0 Å². The molecule has 1 aromatic rings. The van der Waals surface area contributed by atoms with Gasteiger partial charge in [0.1, 0.15) is 5.75 Å². The SMILES string of the molecule is CCOc1cccc(CNC2CCCC2C2COCCN2)c1. The predicted octanol–water partition coefficient (Wildman–Crippen LogP) is 2.33. The molecule has 122 valence electrons.